The van der Waals surface area contributed by atoms with Gasteiger partial charge in [-0.2, -0.15) is 0 Å². The van der Waals surface area contributed by atoms with Gasteiger partial charge in [0.2, 0.25) is 5.91 Å². The van der Waals surface area contributed by atoms with Crippen LogP contribution in [0.25, 0.3) is 0 Å². The predicted molar refractivity (Wildman–Crippen MR) is 69.3 cm³/mol. The van der Waals surface area contributed by atoms with Crippen LogP contribution in [-0.4, -0.2) is 37.2 Å². The van der Waals surface area contributed by atoms with Crippen molar-refractivity contribution in [1.82, 2.24) is 4.90 Å². The number of nitrogens with two attached hydrogens (primary N) is 1. The first-order chi connectivity index (χ1) is 8.06. The summed E-state index contributed by atoms with van der Waals surface area (Å²) in [6.07, 6.45) is 0. The summed E-state index contributed by atoms with van der Waals surface area (Å²) in [5, 5.41) is -0.180. The molecule has 0 aromatic heterocycles. The molecule has 1 atom stereocenters. The monoisotopic (exact) mass is 256 g/mol. The molecule has 5 heteroatoms. The Labute approximate surface area is 105 Å². The molecule has 17 heavy (non-hydrogen) atoms. The highest BCUT2D eigenvalue weighted by molar-refractivity contribution is 8.00. The van der Waals surface area contributed by atoms with Gasteiger partial charge in [-0.3, -0.25) is 4.79 Å². The largest absolute Gasteiger partial charge is 0.348 e. The van der Waals surface area contributed by atoms with Gasteiger partial charge in [-0.25, -0.2) is 4.39 Å². The lowest BCUT2D eigenvalue weighted by atomic mass is 10.1. The molecule has 0 saturated carbocycles. The average Bonchev–Trinajstić information content (AvgIpc) is 2.31. The van der Waals surface area contributed by atoms with E-state index in [1.165, 1.54) is 22.7 Å². The lowest BCUT2D eigenvalue weighted by Crippen LogP contribution is -2.24. The van der Waals surface area contributed by atoms with Gasteiger partial charge >= 0.3 is 0 Å². The molecular formula is C12H17FN2OS. The molecule has 0 aliphatic carbocycles. The van der Waals surface area contributed by atoms with Crippen molar-refractivity contribution in [2.45, 2.75) is 5.25 Å². The second-order valence-electron chi connectivity index (χ2n) is 3.85. The first kappa shape index (κ1) is 14.0. The Bertz CT molecular complexity index is 385. The zero-order valence-electron chi connectivity index (χ0n) is 10.0. The minimum atomic E-state index is -0.271. The number of carbonyl (C=O) groups excluding carboxylic acids is 1. The first-order valence-electron chi connectivity index (χ1n) is 5.32. The van der Waals surface area contributed by atoms with Crippen LogP contribution in [0.15, 0.2) is 24.3 Å². The molecule has 2 N–H and O–H groups in total. The van der Waals surface area contributed by atoms with Crippen molar-refractivity contribution in [1.29, 1.82) is 0 Å². The number of amides is 1. The lowest BCUT2D eigenvalue weighted by molar-refractivity contribution is -0.125. The molecule has 1 amide bonds. The summed E-state index contributed by atoms with van der Waals surface area (Å²) in [6.45, 7) is 0.312. The van der Waals surface area contributed by atoms with Gasteiger partial charge in [0.15, 0.2) is 0 Å². The van der Waals surface area contributed by atoms with Crippen LogP contribution in [-0.2, 0) is 4.79 Å². The normalized spacial score (nSPS) is 12.2. The molecule has 1 aromatic carbocycles. The molecular weight excluding hydrogens is 239 g/mol. The maximum Gasteiger partial charge on any atom is 0.232 e. The van der Waals surface area contributed by atoms with Crippen molar-refractivity contribution >= 4 is 17.7 Å². The molecule has 1 unspecified atom stereocenters. The van der Waals surface area contributed by atoms with E-state index in [9.17, 15) is 9.18 Å². The standard InChI is InChI=1S/C12H17FN2OS/c1-15(2)12(16)8-17-11(7-14)9-5-3-4-6-10(9)13/h3-6,11H,7-8,14H2,1-2H3. The maximum absolute atomic E-state index is 13.5. The zero-order chi connectivity index (χ0) is 12.8. The van der Waals surface area contributed by atoms with Crippen molar-refractivity contribution in [2.24, 2.45) is 5.73 Å². The van der Waals surface area contributed by atoms with E-state index in [0.29, 0.717) is 17.9 Å². The third-order valence-corrected chi connectivity index (χ3v) is 3.64. The van der Waals surface area contributed by atoms with Gasteiger partial charge < -0.3 is 10.6 Å². The molecule has 0 heterocycles. The molecule has 0 fully saturated rings. The minimum Gasteiger partial charge on any atom is -0.348 e. The summed E-state index contributed by atoms with van der Waals surface area (Å²) in [6, 6.07) is 6.53. The molecule has 94 valence electrons. The van der Waals surface area contributed by atoms with Gasteiger partial charge in [0.25, 0.3) is 0 Å². The quantitative estimate of drug-likeness (QED) is 0.871. The van der Waals surface area contributed by atoms with E-state index in [-0.39, 0.29) is 17.0 Å². The molecule has 0 aliphatic heterocycles. The molecule has 1 aromatic rings. The van der Waals surface area contributed by atoms with Gasteiger partial charge in [0.05, 0.1) is 5.75 Å². The smallest absolute Gasteiger partial charge is 0.232 e. The summed E-state index contributed by atoms with van der Waals surface area (Å²) in [7, 11) is 3.40. The number of benzene rings is 1. The topological polar surface area (TPSA) is 46.3 Å². The third-order valence-electron chi connectivity index (χ3n) is 2.37. The fourth-order valence-electron chi connectivity index (χ4n) is 1.32. The molecule has 0 aliphatic rings. The summed E-state index contributed by atoms with van der Waals surface area (Å²) < 4.78 is 13.5. The highest BCUT2D eigenvalue weighted by Gasteiger charge is 2.16. The van der Waals surface area contributed by atoms with Gasteiger partial charge in [0.1, 0.15) is 5.82 Å². The Morgan fingerprint density at radius 1 is 1.47 bits per heavy atom. The van der Waals surface area contributed by atoms with Crippen LogP contribution in [0.3, 0.4) is 0 Å². The average molecular weight is 256 g/mol. The Hall–Kier alpha value is -1.07. The number of nitrogens with zero attached hydrogens (tertiary/aromatic N) is 1. The fourth-order valence-corrected chi connectivity index (χ4v) is 2.43. The van der Waals surface area contributed by atoms with Crippen molar-refractivity contribution in [2.75, 3.05) is 26.4 Å². The van der Waals surface area contributed by atoms with Crippen LogP contribution < -0.4 is 5.73 Å². The third kappa shape index (κ3) is 4.02. The van der Waals surface area contributed by atoms with Gasteiger partial charge in [0, 0.05) is 31.5 Å². The van der Waals surface area contributed by atoms with Gasteiger partial charge in [-0.05, 0) is 6.07 Å². The van der Waals surface area contributed by atoms with Gasteiger partial charge in [-0.1, -0.05) is 18.2 Å². The van der Waals surface area contributed by atoms with Crippen molar-refractivity contribution in [3.8, 4) is 0 Å². The van der Waals surface area contributed by atoms with E-state index in [0.717, 1.165) is 0 Å². The maximum atomic E-state index is 13.5. The number of hydrogen-bond donors (Lipinski definition) is 1. The molecule has 0 radical (unpaired) electrons. The lowest BCUT2D eigenvalue weighted by Gasteiger charge is -2.17. The molecule has 3 nitrogen and oxygen atoms in total. The zero-order valence-corrected chi connectivity index (χ0v) is 10.8. The Morgan fingerprint density at radius 3 is 2.65 bits per heavy atom. The van der Waals surface area contributed by atoms with E-state index in [4.69, 9.17) is 5.73 Å². The van der Waals surface area contributed by atoms with Crippen LogP contribution in [0.5, 0.6) is 0 Å². The summed E-state index contributed by atoms with van der Waals surface area (Å²) in [4.78, 5) is 13.0. The van der Waals surface area contributed by atoms with Gasteiger partial charge in [-0.15, -0.1) is 11.8 Å². The molecule has 0 saturated heterocycles. The van der Waals surface area contributed by atoms with Crippen LogP contribution >= 0.6 is 11.8 Å². The second-order valence-corrected chi connectivity index (χ2v) is 5.04. The SMILES string of the molecule is CN(C)C(=O)CSC(CN)c1ccccc1F. The molecule has 0 bridgehead atoms. The highest BCUT2D eigenvalue weighted by atomic mass is 32.2. The van der Waals surface area contributed by atoms with Crippen LogP contribution in [0.4, 0.5) is 4.39 Å². The Balaban J connectivity index is 2.67. The van der Waals surface area contributed by atoms with Crippen LogP contribution in [0.1, 0.15) is 10.8 Å². The van der Waals surface area contributed by atoms with E-state index >= 15 is 0 Å². The number of carbonyl (C=O) groups is 1. The summed E-state index contributed by atoms with van der Waals surface area (Å²) in [5.74, 6) is 0.0426. The summed E-state index contributed by atoms with van der Waals surface area (Å²) in [5.41, 5.74) is 6.19. The first-order valence-corrected chi connectivity index (χ1v) is 6.37. The molecule has 1 rings (SSSR count). The van der Waals surface area contributed by atoms with Crippen molar-refractivity contribution < 1.29 is 9.18 Å². The van der Waals surface area contributed by atoms with E-state index in [1.54, 1.807) is 32.3 Å². The Morgan fingerprint density at radius 2 is 2.12 bits per heavy atom. The van der Waals surface area contributed by atoms with E-state index in [1.807, 2.05) is 0 Å². The second kappa shape index (κ2) is 6.61. The van der Waals surface area contributed by atoms with Crippen LogP contribution in [0, 0.1) is 5.82 Å². The number of halogens is 1. The summed E-state index contributed by atoms with van der Waals surface area (Å²) >= 11 is 1.37. The number of hydrogen-bond acceptors (Lipinski definition) is 3. The number of thioether (sulfide) groups is 1. The number of rotatable bonds is 5. The predicted octanol–water partition coefficient (Wildman–Crippen LogP) is 1.65. The van der Waals surface area contributed by atoms with E-state index < -0.39 is 0 Å². The van der Waals surface area contributed by atoms with E-state index in [2.05, 4.69) is 0 Å². The van der Waals surface area contributed by atoms with Crippen molar-refractivity contribution in [3.63, 3.8) is 0 Å². The highest BCUT2D eigenvalue weighted by Crippen LogP contribution is 2.29. The minimum absolute atomic E-state index is 0.00443. The Kier molecular flexibility index (Phi) is 5.44. The molecule has 0 spiro atoms. The fraction of sp³-hybridized carbons (Fsp3) is 0.417. The van der Waals surface area contributed by atoms with Crippen molar-refractivity contribution in [3.05, 3.63) is 35.6 Å². The van der Waals surface area contributed by atoms with Crippen LogP contribution in [0.2, 0.25) is 0 Å².